The Morgan fingerprint density at radius 3 is 2.53 bits per heavy atom. The van der Waals surface area contributed by atoms with Crippen LogP contribution in [0, 0.1) is 6.92 Å². The van der Waals surface area contributed by atoms with Gasteiger partial charge in [0, 0.05) is 59.5 Å². The molecule has 30 heavy (non-hydrogen) atoms. The molecule has 2 aromatic rings. The van der Waals surface area contributed by atoms with Gasteiger partial charge in [0.25, 0.3) is 5.91 Å². The predicted molar refractivity (Wildman–Crippen MR) is 117 cm³/mol. The SMILES string of the molecule is CC(=O)N1CCC(N2Cc3nc(C)c(CN)c(-c4ccc(Cl)cc4Cl)c3C2=O)CC1. The first kappa shape index (κ1) is 21.1. The molecule has 6 nitrogen and oxygen atoms in total. The molecule has 0 atom stereocenters. The summed E-state index contributed by atoms with van der Waals surface area (Å²) in [6, 6.07) is 5.35. The minimum absolute atomic E-state index is 0.0468. The molecular weight excluding hydrogens is 423 g/mol. The van der Waals surface area contributed by atoms with Crippen molar-refractivity contribution in [2.75, 3.05) is 13.1 Å². The first-order valence-corrected chi connectivity index (χ1v) is 10.8. The van der Waals surface area contributed by atoms with E-state index in [0.29, 0.717) is 35.2 Å². The van der Waals surface area contributed by atoms with Gasteiger partial charge in [-0.3, -0.25) is 14.6 Å². The Balaban J connectivity index is 1.75. The number of halogens is 2. The van der Waals surface area contributed by atoms with Crippen molar-refractivity contribution in [3.05, 3.63) is 50.8 Å². The molecule has 0 unspecified atom stereocenters. The van der Waals surface area contributed by atoms with Gasteiger partial charge in [-0.15, -0.1) is 0 Å². The van der Waals surface area contributed by atoms with Crippen LogP contribution in [0.15, 0.2) is 18.2 Å². The molecule has 0 spiro atoms. The summed E-state index contributed by atoms with van der Waals surface area (Å²) >= 11 is 12.6. The molecule has 0 radical (unpaired) electrons. The van der Waals surface area contributed by atoms with Gasteiger partial charge in [0.2, 0.25) is 5.91 Å². The van der Waals surface area contributed by atoms with Crippen molar-refractivity contribution in [2.45, 2.75) is 45.8 Å². The van der Waals surface area contributed by atoms with E-state index in [4.69, 9.17) is 33.9 Å². The number of hydrogen-bond donors (Lipinski definition) is 1. The molecule has 1 saturated heterocycles. The Morgan fingerprint density at radius 1 is 1.23 bits per heavy atom. The molecule has 2 aliphatic heterocycles. The van der Waals surface area contributed by atoms with E-state index in [-0.39, 0.29) is 24.4 Å². The number of piperidine rings is 1. The number of nitrogens with two attached hydrogens (primary N) is 1. The van der Waals surface area contributed by atoms with Crippen LogP contribution in [0.25, 0.3) is 11.1 Å². The number of fused-ring (bicyclic) bond motifs is 1. The zero-order valence-corrected chi connectivity index (χ0v) is 18.6. The number of carbonyl (C=O) groups is 2. The number of rotatable bonds is 3. The third-order valence-corrected chi connectivity index (χ3v) is 6.68. The number of aromatic nitrogens is 1. The van der Waals surface area contributed by atoms with E-state index < -0.39 is 0 Å². The molecule has 2 amide bonds. The maximum absolute atomic E-state index is 13.6. The van der Waals surface area contributed by atoms with Crippen LogP contribution >= 0.6 is 23.2 Å². The highest BCUT2D eigenvalue weighted by Gasteiger charge is 2.39. The third-order valence-electron chi connectivity index (χ3n) is 6.13. The van der Waals surface area contributed by atoms with Crippen molar-refractivity contribution >= 4 is 35.0 Å². The smallest absolute Gasteiger partial charge is 0.257 e. The Bertz CT molecular complexity index is 1030. The van der Waals surface area contributed by atoms with Crippen LogP contribution in [0.2, 0.25) is 10.0 Å². The zero-order valence-electron chi connectivity index (χ0n) is 17.0. The van der Waals surface area contributed by atoms with Gasteiger partial charge in [-0.2, -0.15) is 0 Å². The van der Waals surface area contributed by atoms with Crippen molar-refractivity contribution in [1.82, 2.24) is 14.8 Å². The lowest BCUT2D eigenvalue weighted by Crippen LogP contribution is -2.46. The average molecular weight is 447 g/mol. The number of aryl methyl sites for hydroxylation is 1. The van der Waals surface area contributed by atoms with Crippen LogP contribution in [0.3, 0.4) is 0 Å². The van der Waals surface area contributed by atoms with E-state index in [1.54, 1.807) is 19.1 Å². The van der Waals surface area contributed by atoms with Crippen LogP contribution < -0.4 is 5.73 Å². The second-order valence-electron chi connectivity index (χ2n) is 7.87. The van der Waals surface area contributed by atoms with Gasteiger partial charge in [0.05, 0.1) is 17.8 Å². The second-order valence-corrected chi connectivity index (χ2v) is 8.71. The van der Waals surface area contributed by atoms with Gasteiger partial charge in [0.15, 0.2) is 0 Å². The van der Waals surface area contributed by atoms with E-state index in [1.165, 1.54) is 0 Å². The van der Waals surface area contributed by atoms with Crippen molar-refractivity contribution in [3.8, 4) is 11.1 Å². The lowest BCUT2D eigenvalue weighted by Gasteiger charge is -2.36. The van der Waals surface area contributed by atoms with E-state index in [1.807, 2.05) is 22.8 Å². The number of benzene rings is 1. The molecule has 1 aromatic heterocycles. The molecule has 3 heterocycles. The fourth-order valence-corrected chi connectivity index (χ4v) is 5.05. The molecule has 2 aliphatic rings. The lowest BCUT2D eigenvalue weighted by molar-refractivity contribution is -0.130. The summed E-state index contributed by atoms with van der Waals surface area (Å²) in [6.45, 7) is 5.54. The lowest BCUT2D eigenvalue weighted by atomic mass is 9.93. The van der Waals surface area contributed by atoms with Crippen LogP contribution in [-0.4, -0.2) is 45.7 Å². The summed E-state index contributed by atoms with van der Waals surface area (Å²) in [6.07, 6.45) is 1.53. The quantitative estimate of drug-likeness (QED) is 0.777. The molecule has 0 saturated carbocycles. The first-order valence-electron chi connectivity index (χ1n) is 10.1. The number of nitrogens with zero attached hydrogens (tertiary/aromatic N) is 3. The number of amides is 2. The van der Waals surface area contributed by atoms with E-state index in [0.717, 1.165) is 40.9 Å². The maximum atomic E-state index is 13.6. The third kappa shape index (κ3) is 3.57. The average Bonchev–Trinajstić information content (AvgIpc) is 3.03. The summed E-state index contributed by atoms with van der Waals surface area (Å²) in [7, 11) is 0. The second kappa shape index (κ2) is 8.17. The summed E-state index contributed by atoms with van der Waals surface area (Å²) in [4.78, 5) is 33.6. The highest BCUT2D eigenvalue weighted by molar-refractivity contribution is 6.36. The van der Waals surface area contributed by atoms with Gasteiger partial charge < -0.3 is 15.5 Å². The topological polar surface area (TPSA) is 79.5 Å². The molecule has 0 aliphatic carbocycles. The van der Waals surface area contributed by atoms with Gasteiger partial charge in [0.1, 0.15) is 0 Å². The van der Waals surface area contributed by atoms with Crippen LogP contribution in [0.5, 0.6) is 0 Å². The minimum Gasteiger partial charge on any atom is -0.343 e. The molecule has 8 heteroatoms. The number of hydrogen-bond acceptors (Lipinski definition) is 4. The Kier molecular flexibility index (Phi) is 5.75. The minimum atomic E-state index is -0.0468. The van der Waals surface area contributed by atoms with Crippen molar-refractivity contribution in [3.63, 3.8) is 0 Å². The van der Waals surface area contributed by atoms with Crippen LogP contribution in [0.1, 0.15) is 47.1 Å². The fourth-order valence-electron chi connectivity index (χ4n) is 4.55. The van der Waals surface area contributed by atoms with Gasteiger partial charge in [-0.25, -0.2) is 0 Å². The Morgan fingerprint density at radius 2 is 1.93 bits per heavy atom. The number of carbonyl (C=O) groups excluding carboxylic acids is 2. The first-order chi connectivity index (χ1) is 14.3. The molecule has 4 rings (SSSR count). The number of pyridine rings is 1. The molecule has 1 fully saturated rings. The summed E-state index contributed by atoms with van der Waals surface area (Å²) in [5.74, 6) is 0.0310. The highest BCUT2D eigenvalue weighted by Crippen LogP contribution is 2.40. The Hall–Kier alpha value is -2.15. The number of likely N-dealkylation sites (tertiary alicyclic amines) is 1. The normalized spacial score (nSPS) is 16.9. The highest BCUT2D eigenvalue weighted by atomic mass is 35.5. The summed E-state index contributed by atoms with van der Waals surface area (Å²) in [5.41, 5.74) is 10.5. The zero-order chi connectivity index (χ0) is 21.6. The fraction of sp³-hybridized carbons (Fsp3) is 0.409. The van der Waals surface area contributed by atoms with E-state index >= 15 is 0 Å². The monoisotopic (exact) mass is 446 g/mol. The van der Waals surface area contributed by atoms with Gasteiger partial charge >= 0.3 is 0 Å². The maximum Gasteiger partial charge on any atom is 0.257 e. The van der Waals surface area contributed by atoms with Gasteiger partial charge in [-0.05, 0) is 37.5 Å². The molecular formula is C22H24Cl2N4O2. The summed E-state index contributed by atoms with van der Waals surface area (Å²) in [5, 5.41) is 1.01. The molecule has 0 bridgehead atoms. The van der Waals surface area contributed by atoms with Crippen LogP contribution in [0.4, 0.5) is 0 Å². The summed E-state index contributed by atoms with van der Waals surface area (Å²) < 4.78 is 0. The van der Waals surface area contributed by atoms with Crippen molar-refractivity contribution in [2.24, 2.45) is 5.73 Å². The molecule has 158 valence electrons. The van der Waals surface area contributed by atoms with E-state index in [9.17, 15) is 9.59 Å². The molecule has 2 N–H and O–H groups in total. The molecule has 1 aromatic carbocycles. The van der Waals surface area contributed by atoms with Crippen molar-refractivity contribution < 1.29 is 9.59 Å². The largest absolute Gasteiger partial charge is 0.343 e. The predicted octanol–water partition coefficient (Wildman–Crippen LogP) is 3.79. The van der Waals surface area contributed by atoms with E-state index in [2.05, 4.69) is 0 Å². The van der Waals surface area contributed by atoms with Crippen molar-refractivity contribution in [1.29, 1.82) is 0 Å². The van der Waals surface area contributed by atoms with Gasteiger partial charge in [-0.1, -0.05) is 29.3 Å². The Labute approximate surface area is 185 Å². The van der Waals surface area contributed by atoms with Crippen LogP contribution in [-0.2, 0) is 17.9 Å². The standard InChI is InChI=1S/C22H24Cl2N4O2/c1-12-17(10-25)20(16-4-3-14(23)9-18(16)24)21-19(26-12)11-28(22(21)30)15-5-7-27(8-6-15)13(2)29/h3-4,9,15H,5-8,10-11,25H2,1-2H3.